The summed E-state index contributed by atoms with van der Waals surface area (Å²) >= 11 is 0. The van der Waals surface area contributed by atoms with E-state index in [0.29, 0.717) is 53.0 Å². The summed E-state index contributed by atoms with van der Waals surface area (Å²) in [6.07, 6.45) is 2.81. The number of nitrogens with one attached hydrogen (secondary N) is 2. The number of hydrogen-bond donors (Lipinski definition) is 2. The van der Waals surface area contributed by atoms with Crippen LogP contribution < -0.4 is 20.3 Å². The van der Waals surface area contributed by atoms with Crippen molar-refractivity contribution in [2.75, 3.05) is 13.7 Å². The first-order chi connectivity index (χ1) is 16.3. The quantitative estimate of drug-likeness (QED) is 0.462. The van der Waals surface area contributed by atoms with Crippen LogP contribution in [-0.4, -0.2) is 35.3 Å². The minimum absolute atomic E-state index is 0.297. The maximum absolute atomic E-state index is 13.2. The molecule has 8 nitrogen and oxygen atoms in total. The van der Waals surface area contributed by atoms with Gasteiger partial charge in [-0.05, 0) is 61.2 Å². The summed E-state index contributed by atoms with van der Waals surface area (Å²) < 4.78 is 25.9. The van der Waals surface area contributed by atoms with E-state index in [1.54, 1.807) is 35.0 Å². The Balaban J connectivity index is 1.67. The standard InChI is InChI=1S/C25H29FN4O4/c1-5-21-20(15-27-30(21)19-9-7-18(26)8-10-19)25(32)29-28-24(31)17-6-11-22(23(14-17)33-4)34-13-12-16(2)3/h6-11,14-16H,5,12-13H2,1-4H3,(H,28,31)(H,29,32). The van der Waals surface area contributed by atoms with Gasteiger partial charge >= 0.3 is 0 Å². The summed E-state index contributed by atoms with van der Waals surface area (Å²) in [5.41, 5.74) is 6.69. The Morgan fingerprint density at radius 3 is 2.41 bits per heavy atom. The molecule has 2 aromatic carbocycles. The SMILES string of the molecule is CCc1c(C(=O)NNC(=O)c2ccc(OCCC(C)C)c(OC)c2)cnn1-c1ccc(F)cc1. The van der Waals surface area contributed by atoms with Gasteiger partial charge in [0.05, 0.1) is 36.9 Å². The minimum atomic E-state index is -0.515. The zero-order valence-corrected chi connectivity index (χ0v) is 19.7. The molecule has 2 N–H and O–H groups in total. The van der Waals surface area contributed by atoms with E-state index in [0.717, 1.165) is 6.42 Å². The number of aromatic nitrogens is 2. The summed E-state index contributed by atoms with van der Waals surface area (Å²) in [6, 6.07) is 10.6. The average molecular weight is 469 g/mol. The van der Waals surface area contributed by atoms with Gasteiger partial charge < -0.3 is 9.47 Å². The van der Waals surface area contributed by atoms with E-state index in [2.05, 4.69) is 29.8 Å². The second-order valence-corrected chi connectivity index (χ2v) is 8.05. The molecule has 0 spiro atoms. The van der Waals surface area contributed by atoms with Gasteiger partial charge in [0.2, 0.25) is 0 Å². The van der Waals surface area contributed by atoms with Crippen LogP contribution in [0.1, 0.15) is 53.6 Å². The average Bonchev–Trinajstić information content (AvgIpc) is 3.27. The number of rotatable bonds is 9. The number of halogens is 1. The predicted molar refractivity (Wildman–Crippen MR) is 126 cm³/mol. The molecule has 0 aliphatic heterocycles. The number of benzene rings is 2. The molecule has 2 amide bonds. The van der Waals surface area contributed by atoms with Gasteiger partial charge in [-0.15, -0.1) is 0 Å². The first-order valence-electron chi connectivity index (χ1n) is 11.1. The molecule has 0 unspecified atom stereocenters. The lowest BCUT2D eigenvalue weighted by atomic mass is 10.1. The van der Waals surface area contributed by atoms with Crippen molar-refractivity contribution in [1.29, 1.82) is 0 Å². The molecule has 1 heterocycles. The number of ether oxygens (including phenoxy) is 2. The summed E-state index contributed by atoms with van der Waals surface area (Å²) in [4.78, 5) is 25.3. The van der Waals surface area contributed by atoms with Crippen molar-refractivity contribution >= 4 is 11.8 Å². The van der Waals surface area contributed by atoms with Gasteiger partial charge in [0.25, 0.3) is 11.8 Å². The van der Waals surface area contributed by atoms with E-state index in [-0.39, 0.29) is 5.82 Å². The lowest BCUT2D eigenvalue weighted by molar-refractivity contribution is 0.0846. The van der Waals surface area contributed by atoms with Gasteiger partial charge in [-0.1, -0.05) is 20.8 Å². The summed E-state index contributed by atoms with van der Waals surface area (Å²) in [5.74, 6) is 0.0988. The predicted octanol–water partition coefficient (Wildman–Crippen LogP) is 4.08. The summed E-state index contributed by atoms with van der Waals surface area (Å²) in [6.45, 7) is 6.64. The normalized spacial score (nSPS) is 10.8. The van der Waals surface area contributed by atoms with Crippen molar-refractivity contribution in [3.05, 3.63) is 71.3 Å². The molecule has 34 heavy (non-hydrogen) atoms. The van der Waals surface area contributed by atoms with Crippen molar-refractivity contribution in [3.8, 4) is 17.2 Å². The Hall–Kier alpha value is -3.88. The molecule has 0 fully saturated rings. The number of hydrazine groups is 1. The van der Waals surface area contributed by atoms with E-state index in [9.17, 15) is 14.0 Å². The third-order valence-corrected chi connectivity index (χ3v) is 5.19. The van der Waals surface area contributed by atoms with Crippen molar-refractivity contribution in [2.24, 2.45) is 5.92 Å². The number of nitrogens with zero attached hydrogens (tertiary/aromatic N) is 2. The van der Waals surface area contributed by atoms with E-state index < -0.39 is 11.8 Å². The van der Waals surface area contributed by atoms with Crippen LogP contribution in [0.25, 0.3) is 5.69 Å². The molecule has 0 bridgehead atoms. The molecule has 0 radical (unpaired) electrons. The Labute approximate surface area is 198 Å². The van der Waals surface area contributed by atoms with Crippen molar-refractivity contribution in [1.82, 2.24) is 20.6 Å². The van der Waals surface area contributed by atoms with Crippen LogP contribution in [0.3, 0.4) is 0 Å². The van der Waals surface area contributed by atoms with Crippen LogP contribution in [0.4, 0.5) is 4.39 Å². The Bertz CT molecular complexity index is 1140. The Morgan fingerprint density at radius 1 is 1.06 bits per heavy atom. The zero-order chi connectivity index (χ0) is 24.7. The van der Waals surface area contributed by atoms with Crippen molar-refractivity contribution in [2.45, 2.75) is 33.6 Å². The van der Waals surface area contributed by atoms with Crippen molar-refractivity contribution < 1.29 is 23.5 Å². The molecular formula is C25H29FN4O4. The van der Waals surface area contributed by atoms with Crippen LogP contribution in [0.2, 0.25) is 0 Å². The van der Waals surface area contributed by atoms with Gasteiger partial charge in [-0.3, -0.25) is 20.4 Å². The highest BCUT2D eigenvalue weighted by atomic mass is 19.1. The van der Waals surface area contributed by atoms with E-state index in [1.807, 2.05) is 6.92 Å². The molecule has 9 heteroatoms. The molecular weight excluding hydrogens is 439 g/mol. The molecule has 3 rings (SSSR count). The molecule has 0 saturated carbocycles. The van der Waals surface area contributed by atoms with Crippen LogP contribution in [-0.2, 0) is 6.42 Å². The number of methoxy groups -OCH3 is 1. The second kappa shape index (κ2) is 11.3. The lowest BCUT2D eigenvalue weighted by Crippen LogP contribution is -2.41. The number of carbonyl (C=O) groups is 2. The Kier molecular flexibility index (Phi) is 8.24. The number of hydrogen-bond acceptors (Lipinski definition) is 5. The monoisotopic (exact) mass is 468 g/mol. The topological polar surface area (TPSA) is 94.5 Å². The van der Waals surface area contributed by atoms with Gasteiger partial charge in [0.1, 0.15) is 5.82 Å². The highest BCUT2D eigenvalue weighted by Crippen LogP contribution is 2.28. The lowest BCUT2D eigenvalue weighted by Gasteiger charge is -2.13. The summed E-state index contributed by atoms with van der Waals surface area (Å²) in [7, 11) is 1.50. The van der Waals surface area contributed by atoms with Crippen LogP contribution >= 0.6 is 0 Å². The van der Waals surface area contributed by atoms with Gasteiger partial charge in [0, 0.05) is 5.56 Å². The molecule has 0 saturated heterocycles. The number of carbonyl (C=O) groups excluding carboxylic acids is 2. The first kappa shape index (κ1) is 24.8. The first-order valence-corrected chi connectivity index (χ1v) is 11.1. The van der Waals surface area contributed by atoms with E-state index in [4.69, 9.17) is 9.47 Å². The summed E-state index contributed by atoms with van der Waals surface area (Å²) in [5, 5.41) is 4.25. The van der Waals surface area contributed by atoms with E-state index in [1.165, 1.54) is 25.4 Å². The largest absolute Gasteiger partial charge is 0.493 e. The maximum Gasteiger partial charge on any atom is 0.273 e. The minimum Gasteiger partial charge on any atom is -0.493 e. The van der Waals surface area contributed by atoms with Gasteiger partial charge in [-0.25, -0.2) is 9.07 Å². The molecule has 0 atom stereocenters. The molecule has 1 aromatic heterocycles. The molecule has 3 aromatic rings. The highest BCUT2D eigenvalue weighted by molar-refractivity contribution is 5.99. The fourth-order valence-electron chi connectivity index (χ4n) is 3.29. The molecule has 0 aliphatic rings. The van der Waals surface area contributed by atoms with Gasteiger partial charge in [0.15, 0.2) is 11.5 Å². The fraction of sp³-hybridized carbons (Fsp3) is 0.320. The maximum atomic E-state index is 13.2. The van der Waals surface area contributed by atoms with E-state index >= 15 is 0 Å². The van der Waals surface area contributed by atoms with Crippen LogP contribution in [0.5, 0.6) is 11.5 Å². The molecule has 0 aliphatic carbocycles. The second-order valence-electron chi connectivity index (χ2n) is 8.05. The van der Waals surface area contributed by atoms with Gasteiger partial charge in [-0.2, -0.15) is 5.10 Å². The van der Waals surface area contributed by atoms with Crippen molar-refractivity contribution in [3.63, 3.8) is 0 Å². The third kappa shape index (κ3) is 5.92. The Morgan fingerprint density at radius 2 is 1.76 bits per heavy atom. The third-order valence-electron chi connectivity index (χ3n) is 5.19. The van der Waals surface area contributed by atoms with Crippen LogP contribution in [0.15, 0.2) is 48.7 Å². The highest BCUT2D eigenvalue weighted by Gasteiger charge is 2.19. The zero-order valence-electron chi connectivity index (χ0n) is 19.7. The van der Waals surface area contributed by atoms with Crippen LogP contribution in [0, 0.1) is 11.7 Å². The number of amides is 2. The fourth-order valence-corrected chi connectivity index (χ4v) is 3.29. The smallest absolute Gasteiger partial charge is 0.273 e. The molecule has 180 valence electrons.